The van der Waals surface area contributed by atoms with Gasteiger partial charge < -0.3 is 5.73 Å². The normalized spacial score (nSPS) is 24.8. The Kier molecular flexibility index (Phi) is 3.82. The van der Waals surface area contributed by atoms with Crippen molar-refractivity contribution in [2.75, 3.05) is 19.6 Å². The molecule has 0 unspecified atom stereocenters. The van der Waals surface area contributed by atoms with Crippen LogP contribution in [0.25, 0.3) is 0 Å². The lowest BCUT2D eigenvalue weighted by Crippen LogP contribution is -2.48. The second kappa shape index (κ2) is 5.15. The zero-order chi connectivity index (χ0) is 11.4. The molecule has 0 aromatic carbocycles. The summed E-state index contributed by atoms with van der Waals surface area (Å²) in [5.74, 6) is 0.159. The maximum absolute atomic E-state index is 11.9. The van der Waals surface area contributed by atoms with Gasteiger partial charge >= 0.3 is 0 Å². The minimum atomic E-state index is 0.125. The third-order valence-electron chi connectivity index (χ3n) is 4.02. The summed E-state index contributed by atoms with van der Waals surface area (Å²) in [6.07, 6.45) is 7.77. The number of hydrogen-bond acceptors (Lipinski definition) is 3. The fourth-order valence-corrected chi connectivity index (χ4v) is 2.69. The molecule has 0 aromatic rings. The number of nitrogens with two attached hydrogens (primary N) is 1. The van der Waals surface area contributed by atoms with Crippen LogP contribution in [-0.4, -0.2) is 30.6 Å². The number of piperidine rings is 1. The Morgan fingerprint density at radius 3 is 2.38 bits per heavy atom. The molecule has 1 heterocycles. The number of amides is 1. The molecule has 1 amide bonds. The smallest absolute Gasteiger partial charge is 0.234 e. The van der Waals surface area contributed by atoms with Crippen LogP contribution in [0.15, 0.2) is 0 Å². The van der Waals surface area contributed by atoms with Crippen LogP contribution >= 0.6 is 0 Å². The summed E-state index contributed by atoms with van der Waals surface area (Å²) in [6, 6.07) is 0. The molecule has 1 saturated heterocycles. The maximum atomic E-state index is 11.9. The largest absolute Gasteiger partial charge is 0.330 e. The summed E-state index contributed by atoms with van der Waals surface area (Å²) in [5.41, 5.74) is 8.90. The van der Waals surface area contributed by atoms with E-state index in [0.29, 0.717) is 13.0 Å². The highest BCUT2D eigenvalue weighted by Gasteiger charge is 2.37. The number of carbonyl (C=O) groups excluding carboxylic acids is 1. The molecule has 0 atom stereocenters. The highest BCUT2D eigenvalue weighted by Crippen LogP contribution is 2.42. The lowest BCUT2D eigenvalue weighted by Gasteiger charge is -2.41. The van der Waals surface area contributed by atoms with Gasteiger partial charge in [-0.25, -0.2) is 5.01 Å². The van der Waals surface area contributed by atoms with Gasteiger partial charge in [-0.1, -0.05) is 12.8 Å². The van der Waals surface area contributed by atoms with Crippen LogP contribution in [0.1, 0.15) is 44.9 Å². The van der Waals surface area contributed by atoms with E-state index in [1.165, 1.54) is 25.7 Å². The van der Waals surface area contributed by atoms with Gasteiger partial charge in [0.2, 0.25) is 5.91 Å². The minimum Gasteiger partial charge on any atom is -0.330 e. The fraction of sp³-hybridized carbons (Fsp3) is 0.917. The monoisotopic (exact) mass is 225 g/mol. The molecule has 2 rings (SSSR count). The predicted molar refractivity (Wildman–Crippen MR) is 63.5 cm³/mol. The van der Waals surface area contributed by atoms with Crippen LogP contribution in [0.5, 0.6) is 0 Å². The van der Waals surface area contributed by atoms with Crippen molar-refractivity contribution in [1.29, 1.82) is 0 Å². The molecule has 3 N–H and O–H groups in total. The van der Waals surface area contributed by atoms with Gasteiger partial charge in [0.1, 0.15) is 0 Å². The Bertz CT molecular complexity index is 239. The quantitative estimate of drug-likeness (QED) is 0.751. The number of hydrazine groups is 1. The molecule has 1 aliphatic heterocycles. The maximum Gasteiger partial charge on any atom is 0.234 e. The van der Waals surface area contributed by atoms with Crippen LogP contribution in [0.3, 0.4) is 0 Å². The van der Waals surface area contributed by atoms with Crippen molar-refractivity contribution in [3.05, 3.63) is 0 Å². The topological polar surface area (TPSA) is 58.4 Å². The second-order valence-electron chi connectivity index (χ2n) is 5.32. The average Bonchev–Trinajstić information content (AvgIpc) is 2.25. The van der Waals surface area contributed by atoms with Gasteiger partial charge in [0.15, 0.2) is 0 Å². The summed E-state index contributed by atoms with van der Waals surface area (Å²) in [7, 11) is 0. The first-order valence-corrected chi connectivity index (χ1v) is 6.49. The van der Waals surface area contributed by atoms with E-state index in [1.54, 1.807) is 0 Å². The molecular weight excluding hydrogens is 202 g/mol. The van der Waals surface area contributed by atoms with E-state index in [9.17, 15) is 4.79 Å². The second-order valence-corrected chi connectivity index (χ2v) is 5.32. The number of rotatable bonds is 4. The standard InChI is InChI=1S/C12H23N3O/c13-10-12(5-4-6-12)9-11(16)14-15-7-2-1-3-8-15/h1-10,13H2,(H,14,16). The highest BCUT2D eigenvalue weighted by atomic mass is 16.2. The summed E-state index contributed by atoms with van der Waals surface area (Å²) in [5, 5.41) is 2.06. The van der Waals surface area contributed by atoms with Gasteiger partial charge in [-0.3, -0.25) is 10.2 Å². The number of hydrogen-bond donors (Lipinski definition) is 2. The van der Waals surface area contributed by atoms with E-state index < -0.39 is 0 Å². The van der Waals surface area contributed by atoms with E-state index in [0.717, 1.165) is 25.9 Å². The van der Waals surface area contributed by atoms with Gasteiger partial charge in [-0.15, -0.1) is 0 Å². The van der Waals surface area contributed by atoms with Crippen molar-refractivity contribution in [2.45, 2.75) is 44.9 Å². The Labute approximate surface area is 97.5 Å². The molecule has 0 spiro atoms. The van der Waals surface area contributed by atoms with Crippen molar-refractivity contribution >= 4 is 5.91 Å². The SMILES string of the molecule is NCC1(CC(=O)NN2CCCCC2)CCC1. The third-order valence-corrected chi connectivity index (χ3v) is 4.02. The Morgan fingerprint density at radius 1 is 1.19 bits per heavy atom. The summed E-state index contributed by atoms with van der Waals surface area (Å²) in [6.45, 7) is 2.66. The molecule has 4 nitrogen and oxygen atoms in total. The highest BCUT2D eigenvalue weighted by molar-refractivity contribution is 5.76. The molecule has 1 saturated carbocycles. The van der Waals surface area contributed by atoms with Crippen molar-refractivity contribution in [2.24, 2.45) is 11.1 Å². The predicted octanol–water partition coefficient (Wildman–Crippen LogP) is 1.02. The van der Waals surface area contributed by atoms with Gasteiger partial charge in [0, 0.05) is 19.5 Å². The fourth-order valence-electron chi connectivity index (χ4n) is 2.69. The van der Waals surface area contributed by atoms with E-state index in [1.807, 2.05) is 0 Å². The van der Waals surface area contributed by atoms with Gasteiger partial charge in [-0.05, 0) is 37.6 Å². The first kappa shape index (κ1) is 11.9. The first-order valence-electron chi connectivity index (χ1n) is 6.49. The van der Waals surface area contributed by atoms with E-state index in [4.69, 9.17) is 5.73 Å². The van der Waals surface area contributed by atoms with Crippen LogP contribution in [0.2, 0.25) is 0 Å². The van der Waals surface area contributed by atoms with Gasteiger partial charge in [0.25, 0.3) is 0 Å². The van der Waals surface area contributed by atoms with Gasteiger partial charge in [0.05, 0.1) is 0 Å². The number of carbonyl (C=O) groups is 1. The third kappa shape index (κ3) is 2.74. The number of nitrogens with zero attached hydrogens (tertiary/aromatic N) is 1. The Balaban J connectivity index is 1.74. The van der Waals surface area contributed by atoms with E-state index in [2.05, 4.69) is 10.4 Å². The summed E-state index contributed by atoms with van der Waals surface area (Å²) >= 11 is 0. The molecule has 2 aliphatic rings. The van der Waals surface area contributed by atoms with Crippen molar-refractivity contribution < 1.29 is 4.79 Å². The van der Waals surface area contributed by atoms with Crippen LogP contribution < -0.4 is 11.2 Å². The molecule has 16 heavy (non-hydrogen) atoms. The van der Waals surface area contributed by atoms with Crippen LogP contribution in [0.4, 0.5) is 0 Å². The summed E-state index contributed by atoms with van der Waals surface area (Å²) in [4.78, 5) is 11.9. The zero-order valence-corrected chi connectivity index (χ0v) is 10.0. The van der Waals surface area contributed by atoms with Crippen molar-refractivity contribution in [3.63, 3.8) is 0 Å². The van der Waals surface area contributed by atoms with Crippen molar-refractivity contribution in [1.82, 2.24) is 10.4 Å². The first-order chi connectivity index (χ1) is 7.74. The number of nitrogens with one attached hydrogen (secondary N) is 1. The summed E-state index contributed by atoms with van der Waals surface area (Å²) < 4.78 is 0. The molecule has 1 aliphatic carbocycles. The van der Waals surface area contributed by atoms with Crippen LogP contribution in [0, 0.1) is 5.41 Å². The molecule has 4 heteroatoms. The van der Waals surface area contributed by atoms with Gasteiger partial charge in [-0.2, -0.15) is 0 Å². The molecular formula is C12H23N3O. The Morgan fingerprint density at radius 2 is 1.88 bits per heavy atom. The van der Waals surface area contributed by atoms with Crippen molar-refractivity contribution in [3.8, 4) is 0 Å². The minimum absolute atomic E-state index is 0.125. The lowest BCUT2D eigenvalue weighted by atomic mass is 9.66. The van der Waals surface area contributed by atoms with E-state index in [-0.39, 0.29) is 11.3 Å². The Hall–Kier alpha value is -0.610. The lowest BCUT2D eigenvalue weighted by molar-refractivity contribution is -0.130. The molecule has 92 valence electrons. The molecule has 2 fully saturated rings. The molecule has 0 aromatic heterocycles. The molecule has 0 radical (unpaired) electrons. The van der Waals surface area contributed by atoms with Crippen LogP contribution in [-0.2, 0) is 4.79 Å². The molecule has 0 bridgehead atoms. The zero-order valence-electron chi connectivity index (χ0n) is 10.0. The average molecular weight is 225 g/mol. The van der Waals surface area contributed by atoms with E-state index >= 15 is 0 Å².